The molecule has 6 aromatic rings. The minimum atomic E-state index is 0.908. The third-order valence-corrected chi connectivity index (χ3v) is 6.88. The van der Waals surface area contributed by atoms with Crippen LogP contribution in [-0.2, 0) is 0 Å². The summed E-state index contributed by atoms with van der Waals surface area (Å²) in [5.41, 5.74) is 12.8. The molecule has 0 bridgehead atoms. The van der Waals surface area contributed by atoms with E-state index in [1.54, 1.807) is 0 Å². The van der Waals surface area contributed by atoms with Gasteiger partial charge in [0.25, 0.3) is 0 Å². The highest BCUT2D eigenvalue weighted by Crippen LogP contribution is 2.47. The Balaban J connectivity index is 1.59. The second-order valence-corrected chi connectivity index (χ2v) is 9.01. The van der Waals surface area contributed by atoms with Crippen LogP contribution in [0, 0.1) is 0 Å². The van der Waals surface area contributed by atoms with Crippen molar-refractivity contribution < 1.29 is 0 Å². The maximum Gasteiger partial charge on any atom is 0.0978 e. The van der Waals surface area contributed by atoms with Gasteiger partial charge in [0.05, 0.1) is 22.8 Å². The summed E-state index contributed by atoms with van der Waals surface area (Å²) >= 11 is 0. The average Bonchev–Trinajstić information content (AvgIpc) is 2.97. The van der Waals surface area contributed by atoms with E-state index in [9.17, 15) is 0 Å². The van der Waals surface area contributed by atoms with Crippen LogP contribution in [0.4, 0.5) is 0 Å². The molecule has 0 spiro atoms. The number of benzene rings is 4. The van der Waals surface area contributed by atoms with Gasteiger partial charge in [-0.2, -0.15) is 0 Å². The largest absolute Gasteiger partial charge is 0.245 e. The van der Waals surface area contributed by atoms with Crippen molar-refractivity contribution in [3.05, 3.63) is 133 Å². The molecule has 2 heteroatoms. The fourth-order valence-corrected chi connectivity index (χ4v) is 5.16. The van der Waals surface area contributed by atoms with Crippen LogP contribution in [0.25, 0.3) is 67.3 Å². The summed E-state index contributed by atoms with van der Waals surface area (Å²) in [5, 5.41) is 0. The van der Waals surface area contributed by atoms with Crippen LogP contribution in [0.2, 0.25) is 0 Å². The molecule has 2 nitrogen and oxygen atoms in total. The highest BCUT2D eigenvalue weighted by Gasteiger charge is 2.24. The molecule has 0 fully saturated rings. The van der Waals surface area contributed by atoms with E-state index < -0.39 is 0 Å². The molecule has 0 atom stereocenters. The van der Waals surface area contributed by atoms with Crippen LogP contribution < -0.4 is 0 Å². The monoisotopic (exact) mass is 458 g/mol. The Morgan fingerprint density at radius 2 is 0.611 bits per heavy atom. The fourth-order valence-electron chi connectivity index (χ4n) is 5.16. The van der Waals surface area contributed by atoms with E-state index in [-0.39, 0.29) is 0 Å². The molecule has 168 valence electrons. The second-order valence-electron chi connectivity index (χ2n) is 9.01. The van der Waals surface area contributed by atoms with E-state index in [0.717, 1.165) is 45.0 Å². The first-order valence-corrected chi connectivity index (χ1v) is 12.2. The molecule has 1 aliphatic rings. The molecule has 4 aromatic carbocycles. The summed E-state index contributed by atoms with van der Waals surface area (Å²) in [6.07, 6.45) is 0. The summed E-state index contributed by atoms with van der Waals surface area (Å²) in [6.45, 7) is 0. The summed E-state index contributed by atoms with van der Waals surface area (Å²) in [7, 11) is 0. The van der Waals surface area contributed by atoms with E-state index >= 15 is 0 Å². The topological polar surface area (TPSA) is 25.8 Å². The second kappa shape index (κ2) is 8.44. The Morgan fingerprint density at radius 3 is 1.00 bits per heavy atom. The lowest BCUT2D eigenvalue weighted by Crippen LogP contribution is -2.02. The van der Waals surface area contributed by atoms with Crippen LogP contribution in [0.3, 0.4) is 0 Å². The number of aromatic nitrogens is 2. The van der Waals surface area contributed by atoms with Gasteiger partial charge in [-0.05, 0) is 46.5 Å². The number of fused-ring (bicyclic) bond motifs is 8. The van der Waals surface area contributed by atoms with Crippen LogP contribution in [0.15, 0.2) is 133 Å². The minimum absolute atomic E-state index is 0.908. The summed E-state index contributed by atoms with van der Waals surface area (Å²) in [5.74, 6) is 0. The lowest BCUT2D eigenvalue weighted by molar-refractivity contribution is 1.25. The normalized spacial score (nSPS) is 11.3. The molecule has 0 saturated carbocycles. The fraction of sp³-hybridized carbons (Fsp3) is 0. The predicted octanol–water partition coefficient (Wildman–Crippen LogP) is 8.79. The van der Waals surface area contributed by atoms with Gasteiger partial charge in [0, 0.05) is 22.3 Å². The molecule has 1 aliphatic carbocycles. The van der Waals surface area contributed by atoms with E-state index in [2.05, 4.69) is 121 Å². The quantitative estimate of drug-likeness (QED) is 0.259. The molecule has 0 saturated heterocycles. The van der Waals surface area contributed by atoms with E-state index in [4.69, 9.17) is 9.97 Å². The third kappa shape index (κ3) is 3.35. The molecular weight excluding hydrogens is 436 g/mol. The van der Waals surface area contributed by atoms with Crippen molar-refractivity contribution in [3.8, 4) is 67.3 Å². The first kappa shape index (κ1) is 20.5. The summed E-state index contributed by atoms with van der Waals surface area (Å²) < 4.78 is 0. The van der Waals surface area contributed by atoms with Crippen molar-refractivity contribution in [1.82, 2.24) is 9.97 Å². The first-order valence-electron chi connectivity index (χ1n) is 12.2. The van der Waals surface area contributed by atoms with Gasteiger partial charge in [-0.3, -0.25) is 0 Å². The molecule has 0 amide bonds. The standard InChI is InChI=1S/C34H22N2/c1-3-11-23(12-4-1)31-21-19-29-27-17-9-7-15-25(27)26-16-8-10-18-28(26)30-20-22-32(24-13-5-2-6-14-24)36-34(30)33(29)35-31/h1-22H. The van der Waals surface area contributed by atoms with Crippen molar-refractivity contribution in [2.24, 2.45) is 0 Å². The van der Waals surface area contributed by atoms with Gasteiger partial charge in [-0.15, -0.1) is 0 Å². The Labute approximate surface area is 210 Å². The van der Waals surface area contributed by atoms with Gasteiger partial charge < -0.3 is 0 Å². The number of hydrogen-bond acceptors (Lipinski definition) is 2. The molecule has 0 radical (unpaired) electrons. The molecule has 2 aromatic heterocycles. The SMILES string of the molecule is c1ccc(-c2ccc3c(n2)-c2nc(-c4ccccc4)ccc2-c2ccccc2-c2ccccc2-3)cc1. The van der Waals surface area contributed by atoms with E-state index in [0.29, 0.717) is 0 Å². The highest BCUT2D eigenvalue weighted by atomic mass is 14.8. The highest BCUT2D eigenvalue weighted by molar-refractivity contribution is 6.01. The molecule has 0 aliphatic heterocycles. The molecule has 2 heterocycles. The molecule has 7 rings (SSSR count). The zero-order chi connectivity index (χ0) is 23.9. The third-order valence-electron chi connectivity index (χ3n) is 6.88. The first-order chi connectivity index (χ1) is 17.9. The van der Waals surface area contributed by atoms with Gasteiger partial charge in [0.1, 0.15) is 0 Å². The zero-order valence-electron chi connectivity index (χ0n) is 19.6. The van der Waals surface area contributed by atoms with Gasteiger partial charge in [0.15, 0.2) is 0 Å². The summed E-state index contributed by atoms with van der Waals surface area (Å²) in [4.78, 5) is 10.5. The molecule has 0 N–H and O–H groups in total. The lowest BCUT2D eigenvalue weighted by atomic mass is 9.84. The lowest BCUT2D eigenvalue weighted by Gasteiger charge is -2.22. The zero-order valence-corrected chi connectivity index (χ0v) is 19.6. The average molecular weight is 459 g/mol. The smallest absolute Gasteiger partial charge is 0.0978 e. The van der Waals surface area contributed by atoms with Gasteiger partial charge >= 0.3 is 0 Å². The van der Waals surface area contributed by atoms with Crippen LogP contribution in [-0.4, -0.2) is 9.97 Å². The maximum atomic E-state index is 5.27. The van der Waals surface area contributed by atoms with Crippen LogP contribution in [0.1, 0.15) is 0 Å². The van der Waals surface area contributed by atoms with Crippen molar-refractivity contribution in [2.45, 2.75) is 0 Å². The van der Waals surface area contributed by atoms with E-state index in [1.165, 1.54) is 22.3 Å². The number of nitrogens with zero attached hydrogens (tertiary/aromatic N) is 2. The Kier molecular flexibility index (Phi) is 4.82. The molecule has 0 unspecified atom stereocenters. The molecular formula is C34H22N2. The van der Waals surface area contributed by atoms with Gasteiger partial charge in [-0.1, -0.05) is 109 Å². The minimum Gasteiger partial charge on any atom is -0.245 e. The predicted molar refractivity (Wildman–Crippen MR) is 148 cm³/mol. The van der Waals surface area contributed by atoms with Crippen molar-refractivity contribution >= 4 is 0 Å². The maximum absolute atomic E-state index is 5.27. The van der Waals surface area contributed by atoms with Crippen molar-refractivity contribution in [3.63, 3.8) is 0 Å². The Bertz CT molecular complexity index is 1590. The van der Waals surface area contributed by atoms with Crippen LogP contribution >= 0.6 is 0 Å². The van der Waals surface area contributed by atoms with Gasteiger partial charge in [-0.25, -0.2) is 9.97 Å². The van der Waals surface area contributed by atoms with Crippen molar-refractivity contribution in [1.29, 1.82) is 0 Å². The van der Waals surface area contributed by atoms with Crippen LogP contribution in [0.5, 0.6) is 0 Å². The van der Waals surface area contributed by atoms with Crippen molar-refractivity contribution in [2.75, 3.05) is 0 Å². The molecule has 36 heavy (non-hydrogen) atoms. The van der Waals surface area contributed by atoms with Gasteiger partial charge in [0.2, 0.25) is 0 Å². The van der Waals surface area contributed by atoms with E-state index in [1.807, 2.05) is 12.1 Å². The number of rotatable bonds is 2. The summed E-state index contributed by atoms with van der Waals surface area (Å²) in [6, 6.07) is 46.6. The Morgan fingerprint density at radius 1 is 0.278 bits per heavy atom. The number of hydrogen-bond donors (Lipinski definition) is 0. The number of pyridine rings is 2. The Hall–Kier alpha value is -4.82.